The molecule has 10 rings (SSSR count). The number of fused-ring (bicyclic) bond motifs is 4. The monoisotopic (exact) mass is 677 g/mol. The van der Waals surface area contributed by atoms with Gasteiger partial charge in [0.2, 0.25) is 0 Å². The third-order valence-corrected chi connectivity index (χ3v) is 9.95. The molecule has 0 saturated heterocycles. The first kappa shape index (κ1) is 30.6. The van der Waals surface area contributed by atoms with Crippen LogP contribution in [0, 0.1) is 0 Å². The lowest BCUT2D eigenvalue weighted by molar-refractivity contribution is 0.669. The highest BCUT2D eigenvalue weighted by Crippen LogP contribution is 2.39. The minimum absolute atomic E-state index is 0.589. The standard InChI is InChI=1S/C49H31N3O/c1-4-12-32(13-5-1)34-22-24-35(25-23-34)41-19-11-21-44-46(41)43-29-27-39(31-45(43)53-44)48-50-47(36-16-8-3-9-17-36)51-49(52-48)42-20-10-18-38-30-37(26-28-40(38)42)33-14-6-2-7-15-33/h1-31H. The summed E-state index contributed by atoms with van der Waals surface area (Å²) in [4.78, 5) is 15.2. The summed E-state index contributed by atoms with van der Waals surface area (Å²) < 4.78 is 6.53. The molecule has 0 N–H and O–H groups in total. The van der Waals surface area contributed by atoms with Gasteiger partial charge in [0.1, 0.15) is 11.2 Å². The van der Waals surface area contributed by atoms with Gasteiger partial charge >= 0.3 is 0 Å². The summed E-state index contributed by atoms with van der Waals surface area (Å²) in [5.41, 5.74) is 11.4. The van der Waals surface area contributed by atoms with E-state index in [-0.39, 0.29) is 0 Å². The van der Waals surface area contributed by atoms with Gasteiger partial charge in [0.25, 0.3) is 0 Å². The number of furan rings is 1. The fraction of sp³-hybridized carbons (Fsp3) is 0. The SMILES string of the molecule is c1ccc(-c2ccc(-c3cccc4oc5cc(-c6nc(-c7ccccc7)nc(-c7cccc8cc(-c9ccccc9)ccc78)n6)ccc5c34)cc2)cc1. The maximum absolute atomic E-state index is 6.53. The van der Waals surface area contributed by atoms with Crippen LogP contribution in [0.2, 0.25) is 0 Å². The zero-order chi connectivity index (χ0) is 35.1. The first-order chi connectivity index (χ1) is 26.2. The summed E-state index contributed by atoms with van der Waals surface area (Å²) in [6, 6.07) is 65.2. The van der Waals surface area contributed by atoms with E-state index in [1.807, 2.05) is 48.5 Å². The molecule has 0 unspecified atom stereocenters. The van der Waals surface area contributed by atoms with Crippen molar-refractivity contribution < 1.29 is 4.42 Å². The normalized spacial score (nSPS) is 11.4. The Morgan fingerprint density at radius 1 is 0.302 bits per heavy atom. The Kier molecular flexibility index (Phi) is 7.43. The number of hydrogen-bond donors (Lipinski definition) is 0. The molecular formula is C49H31N3O. The first-order valence-electron chi connectivity index (χ1n) is 17.8. The van der Waals surface area contributed by atoms with Crippen LogP contribution in [0.25, 0.3) is 100 Å². The lowest BCUT2D eigenvalue weighted by Gasteiger charge is -2.11. The van der Waals surface area contributed by atoms with Gasteiger partial charge in [-0.1, -0.05) is 164 Å². The molecule has 4 nitrogen and oxygen atoms in total. The van der Waals surface area contributed by atoms with Crippen molar-refractivity contribution in [3.63, 3.8) is 0 Å². The molecule has 2 aromatic heterocycles. The quantitative estimate of drug-likeness (QED) is 0.176. The van der Waals surface area contributed by atoms with E-state index in [1.54, 1.807) is 0 Å². The van der Waals surface area contributed by atoms with Gasteiger partial charge in [-0.3, -0.25) is 0 Å². The molecule has 2 heterocycles. The minimum atomic E-state index is 0.589. The molecule has 0 saturated carbocycles. The number of hydrogen-bond acceptors (Lipinski definition) is 4. The predicted molar refractivity (Wildman–Crippen MR) is 217 cm³/mol. The van der Waals surface area contributed by atoms with E-state index in [4.69, 9.17) is 19.4 Å². The van der Waals surface area contributed by atoms with Crippen LogP contribution in [-0.4, -0.2) is 15.0 Å². The van der Waals surface area contributed by atoms with Crippen molar-refractivity contribution >= 4 is 32.7 Å². The second-order valence-electron chi connectivity index (χ2n) is 13.2. The molecule has 0 fully saturated rings. The Balaban J connectivity index is 1.09. The second-order valence-corrected chi connectivity index (χ2v) is 13.2. The number of benzene rings is 8. The van der Waals surface area contributed by atoms with E-state index in [1.165, 1.54) is 22.3 Å². The average Bonchev–Trinajstić information content (AvgIpc) is 3.62. The smallest absolute Gasteiger partial charge is 0.164 e. The fourth-order valence-corrected chi connectivity index (χ4v) is 7.31. The fourth-order valence-electron chi connectivity index (χ4n) is 7.31. The Morgan fingerprint density at radius 3 is 1.57 bits per heavy atom. The van der Waals surface area contributed by atoms with Gasteiger partial charge in [-0.15, -0.1) is 0 Å². The summed E-state index contributed by atoms with van der Waals surface area (Å²) >= 11 is 0. The summed E-state index contributed by atoms with van der Waals surface area (Å²) in [5, 5.41) is 4.35. The predicted octanol–water partition coefficient (Wildman–Crippen LogP) is 12.9. The van der Waals surface area contributed by atoms with Crippen molar-refractivity contribution in [2.24, 2.45) is 0 Å². The van der Waals surface area contributed by atoms with Crippen LogP contribution in [0.3, 0.4) is 0 Å². The van der Waals surface area contributed by atoms with E-state index in [0.29, 0.717) is 17.5 Å². The summed E-state index contributed by atoms with van der Waals surface area (Å²) in [6.45, 7) is 0. The molecule has 0 radical (unpaired) electrons. The van der Waals surface area contributed by atoms with Crippen molar-refractivity contribution in [3.05, 3.63) is 188 Å². The molecule has 248 valence electrons. The third-order valence-electron chi connectivity index (χ3n) is 9.95. The van der Waals surface area contributed by atoms with Crippen LogP contribution >= 0.6 is 0 Å². The summed E-state index contributed by atoms with van der Waals surface area (Å²) in [5.74, 6) is 1.83. The Morgan fingerprint density at radius 2 is 0.830 bits per heavy atom. The minimum Gasteiger partial charge on any atom is -0.456 e. The summed E-state index contributed by atoms with van der Waals surface area (Å²) in [6.07, 6.45) is 0. The van der Waals surface area contributed by atoms with Crippen LogP contribution in [0.4, 0.5) is 0 Å². The van der Waals surface area contributed by atoms with Crippen molar-refractivity contribution in [2.45, 2.75) is 0 Å². The molecule has 0 spiro atoms. The Bertz CT molecular complexity index is 2920. The molecule has 4 heteroatoms. The summed E-state index contributed by atoms with van der Waals surface area (Å²) in [7, 11) is 0. The van der Waals surface area contributed by atoms with Crippen molar-refractivity contribution in [2.75, 3.05) is 0 Å². The maximum atomic E-state index is 6.53. The van der Waals surface area contributed by atoms with Gasteiger partial charge in [0.05, 0.1) is 0 Å². The molecule has 8 aromatic carbocycles. The van der Waals surface area contributed by atoms with Gasteiger partial charge in [0, 0.05) is 27.5 Å². The van der Waals surface area contributed by atoms with Crippen LogP contribution in [0.5, 0.6) is 0 Å². The van der Waals surface area contributed by atoms with Crippen LogP contribution in [0.15, 0.2) is 192 Å². The van der Waals surface area contributed by atoms with Crippen molar-refractivity contribution in [1.82, 2.24) is 15.0 Å². The van der Waals surface area contributed by atoms with Gasteiger partial charge in [-0.05, 0) is 68.4 Å². The molecule has 53 heavy (non-hydrogen) atoms. The highest BCUT2D eigenvalue weighted by Gasteiger charge is 2.18. The average molecular weight is 678 g/mol. The molecule has 0 aliphatic rings. The van der Waals surface area contributed by atoms with E-state index >= 15 is 0 Å². The van der Waals surface area contributed by atoms with E-state index in [0.717, 1.165) is 60.5 Å². The lowest BCUT2D eigenvalue weighted by atomic mass is 9.96. The zero-order valence-corrected chi connectivity index (χ0v) is 28.6. The topological polar surface area (TPSA) is 51.8 Å². The van der Waals surface area contributed by atoms with E-state index < -0.39 is 0 Å². The number of nitrogens with zero attached hydrogens (tertiary/aromatic N) is 3. The Hall–Kier alpha value is -7.17. The van der Waals surface area contributed by atoms with Crippen molar-refractivity contribution in [1.29, 1.82) is 0 Å². The lowest BCUT2D eigenvalue weighted by Crippen LogP contribution is -2.00. The molecule has 10 aromatic rings. The highest BCUT2D eigenvalue weighted by atomic mass is 16.3. The van der Waals surface area contributed by atoms with E-state index in [2.05, 4.69) is 140 Å². The van der Waals surface area contributed by atoms with Gasteiger partial charge in [-0.2, -0.15) is 0 Å². The van der Waals surface area contributed by atoms with Gasteiger partial charge in [0.15, 0.2) is 17.5 Å². The second kappa shape index (κ2) is 12.9. The Labute approximate surface area is 306 Å². The van der Waals surface area contributed by atoms with Gasteiger partial charge in [-0.25, -0.2) is 15.0 Å². The van der Waals surface area contributed by atoms with Crippen LogP contribution in [-0.2, 0) is 0 Å². The molecule has 0 aliphatic carbocycles. The van der Waals surface area contributed by atoms with E-state index in [9.17, 15) is 0 Å². The molecule has 0 atom stereocenters. The third kappa shape index (κ3) is 5.63. The number of rotatable bonds is 6. The zero-order valence-electron chi connectivity index (χ0n) is 28.6. The first-order valence-corrected chi connectivity index (χ1v) is 17.8. The molecule has 0 bridgehead atoms. The van der Waals surface area contributed by atoms with Gasteiger partial charge < -0.3 is 4.42 Å². The molecule has 0 aliphatic heterocycles. The number of aromatic nitrogens is 3. The largest absolute Gasteiger partial charge is 0.456 e. The van der Waals surface area contributed by atoms with Crippen LogP contribution < -0.4 is 0 Å². The highest BCUT2D eigenvalue weighted by molar-refractivity contribution is 6.13. The van der Waals surface area contributed by atoms with Crippen LogP contribution in [0.1, 0.15) is 0 Å². The molecule has 0 amide bonds. The maximum Gasteiger partial charge on any atom is 0.164 e. The molecular weight excluding hydrogens is 647 g/mol. The van der Waals surface area contributed by atoms with Crippen molar-refractivity contribution in [3.8, 4) is 67.5 Å².